The van der Waals surface area contributed by atoms with Crippen LogP contribution < -0.4 is 10.1 Å². The van der Waals surface area contributed by atoms with Gasteiger partial charge in [-0.2, -0.15) is 0 Å². The fraction of sp³-hybridized carbons (Fsp3) is 0.480. The lowest BCUT2D eigenvalue weighted by Crippen LogP contribution is -2.44. The van der Waals surface area contributed by atoms with Gasteiger partial charge in [0.15, 0.2) is 5.17 Å². The normalized spacial score (nSPS) is 21.1. The SMILES string of the molecule is CCOC(=O)C1=C(C)N=C2SC=C(CC(=O)NC3CCN(C)CC3)N2C1c1cccc(OC)c1. The molecule has 3 heterocycles. The van der Waals surface area contributed by atoms with Crippen LogP contribution in [0, 0.1) is 0 Å². The molecule has 182 valence electrons. The van der Waals surface area contributed by atoms with Gasteiger partial charge in [0.05, 0.1) is 37.4 Å². The number of hydrogen-bond acceptors (Lipinski definition) is 8. The Morgan fingerprint density at radius 1 is 1.26 bits per heavy atom. The third kappa shape index (κ3) is 5.15. The second kappa shape index (κ2) is 10.7. The van der Waals surface area contributed by atoms with Crippen LogP contribution in [0.5, 0.6) is 5.75 Å². The van der Waals surface area contributed by atoms with Gasteiger partial charge in [-0.3, -0.25) is 4.79 Å². The summed E-state index contributed by atoms with van der Waals surface area (Å²) in [6.07, 6.45) is 2.12. The van der Waals surface area contributed by atoms with Crippen LogP contribution in [-0.4, -0.2) is 66.7 Å². The molecule has 3 aliphatic rings. The number of piperidine rings is 1. The number of methoxy groups -OCH3 is 1. The van der Waals surface area contributed by atoms with Crippen LogP contribution in [0.4, 0.5) is 0 Å². The molecule has 34 heavy (non-hydrogen) atoms. The molecule has 9 heteroatoms. The highest BCUT2D eigenvalue weighted by molar-refractivity contribution is 8.16. The van der Waals surface area contributed by atoms with E-state index < -0.39 is 12.0 Å². The highest BCUT2D eigenvalue weighted by atomic mass is 32.2. The summed E-state index contributed by atoms with van der Waals surface area (Å²) in [5, 5.41) is 5.90. The molecule has 0 radical (unpaired) electrons. The Hall–Kier alpha value is -2.78. The second-order valence-corrected chi connectivity index (χ2v) is 9.55. The van der Waals surface area contributed by atoms with Crippen molar-refractivity contribution in [3.8, 4) is 5.75 Å². The Bertz CT molecular complexity index is 1040. The lowest BCUT2D eigenvalue weighted by Gasteiger charge is -2.36. The highest BCUT2D eigenvalue weighted by Gasteiger charge is 2.41. The Kier molecular flexibility index (Phi) is 7.63. The van der Waals surface area contributed by atoms with Crippen molar-refractivity contribution in [1.82, 2.24) is 15.1 Å². The number of esters is 1. The van der Waals surface area contributed by atoms with E-state index in [-0.39, 0.29) is 25.0 Å². The Morgan fingerprint density at radius 3 is 2.74 bits per heavy atom. The van der Waals surface area contributed by atoms with Crippen LogP contribution in [0.25, 0.3) is 0 Å². The number of rotatable bonds is 7. The standard InChI is InChI=1S/C25H32N4O4S/c1-5-33-24(31)22-16(2)26-25-29(23(22)17-7-6-8-20(13-17)32-4)19(15-34-25)14-21(30)27-18-9-11-28(3)12-10-18/h6-8,13,15,18,23H,5,9-12,14H2,1-4H3,(H,27,30). The molecule has 1 unspecified atom stereocenters. The molecule has 0 aliphatic carbocycles. The topological polar surface area (TPSA) is 83.5 Å². The van der Waals surface area contributed by atoms with Crippen LogP contribution in [0.15, 0.2) is 51.6 Å². The number of fused-ring (bicyclic) bond motifs is 1. The number of amidine groups is 1. The number of allylic oxidation sites excluding steroid dienone is 1. The van der Waals surface area contributed by atoms with Crippen molar-refractivity contribution in [2.45, 2.75) is 45.2 Å². The number of nitrogens with zero attached hydrogens (tertiary/aromatic N) is 3. The average molecular weight is 485 g/mol. The van der Waals surface area contributed by atoms with E-state index in [1.54, 1.807) is 14.0 Å². The predicted octanol–water partition coefficient (Wildman–Crippen LogP) is 3.43. The van der Waals surface area contributed by atoms with Gasteiger partial charge in [-0.15, -0.1) is 0 Å². The van der Waals surface area contributed by atoms with E-state index in [4.69, 9.17) is 14.5 Å². The molecule has 1 N–H and O–H groups in total. The van der Waals surface area contributed by atoms with Crippen LogP contribution in [0.1, 0.15) is 44.7 Å². The predicted molar refractivity (Wildman–Crippen MR) is 133 cm³/mol. The number of ether oxygens (including phenoxy) is 2. The zero-order valence-electron chi connectivity index (χ0n) is 20.2. The van der Waals surface area contributed by atoms with Gasteiger partial charge in [0, 0.05) is 11.7 Å². The van der Waals surface area contributed by atoms with E-state index >= 15 is 0 Å². The molecule has 1 aromatic rings. The van der Waals surface area contributed by atoms with Gasteiger partial charge in [-0.1, -0.05) is 23.9 Å². The van der Waals surface area contributed by atoms with Crippen LogP contribution in [0.3, 0.4) is 0 Å². The van der Waals surface area contributed by atoms with Gasteiger partial charge < -0.3 is 24.6 Å². The van der Waals surface area contributed by atoms with Gasteiger partial charge >= 0.3 is 5.97 Å². The van der Waals surface area contributed by atoms with E-state index in [2.05, 4.69) is 17.3 Å². The van der Waals surface area contributed by atoms with Gasteiger partial charge in [0.2, 0.25) is 5.91 Å². The number of nitrogens with one attached hydrogen (secondary N) is 1. The number of carbonyl (C=O) groups is 2. The third-order valence-electron chi connectivity index (χ3n) is 6.33. The van der Waals surface area contributed by atoms with Crippen molar-refractivity contribution >= 4 is 28.8 Å². The summed E-state index contributed by atoms with van der Waals surface area (Å²) in [6, 6.07) is 7.38. The Balaban J connectivity index is 1.62. The number of benzene rings is 1. The van der Waals surface area contributed by atoms with Crippen molar-refractivity contribution in [3.63, 3.8) is 0 Å². The molecule has 8 nitrogen and oxygen atoms in total. The zero-order valence-corrected chi connectivity index (χ0v) is 21.0. The molecule has 4 rings (SSSR count). The van der Waals surface area contributed by atoms with Crippen LogP contribution in [-0.2, 0) is 14.3 Å². The van der Waals surface area contributed by atoms with Crippen molar-refractivity contribution in [2.75, 3.05) is 33.9 Å². The first-order valence-corrected chi connectivity index (χ1v) is 12.5. The zero-order chi connectivity index (χ0) is 24.2. The maximum absolute atomic E-state index is 13.0. The Labute approximate surface area is 205 Å². The summed E-state index contributed by atoms with van der Waals surface area (Å²) in [7, 11) is 3.72. The van der Waals surface area contributed by atoms with Gasteiger partial charge in [0.1, 0.15) is 5.75 Å². The van der Waals surface area contributed by atoms with Crippen molar-refractivity contribution in [3.05, 3.63) is 52.2 Å². The minimum atomic E-state index is -0.459. The Morgan fingerprint density at radius 2 is 2.03 bits per heavy atom. The van der Waals surface area contributed by atoms with Gasteiger partial charge in [-0.05, 0) is 69.9 Å². The smallest absolute Gasteiger partial charge is 0.338 e. The molecule has 1 fully saturated rings. The lowest BCUT2D eigenvalue weighted by molar-refractivity contribution is -0.139. The van der Waals surface area contributed by atoms with Gasteiger partial charge in [0.25, 0.3) is 0 Å². The summed E-state index contributed by atoms with van der Waals surface area (Å²) in [4.78, 5) is 35.0. The number of amides is 1. The molecule has 0 aromatic heterocycles. The number of hydrogen-bond donors (Lipinski definition) is 1. The lowest BCUT2D eigenvalue weighted by atomic mass is 9.93. The number of aliphatic imine (C=N–C) groups is 1. The first kappa shape index (κ1) is 24.3. The summed E-state index contributed by atoms with van der Waals surface area (Å²) >= 11 is 1.47. The van der Waals surface area contributed by atoms with Crippen LogP contribution >= 0.6 is 11.8 Å². The number of carbonyl (C=O) groups excluding carboxylic acids is 2. The average Bonchev–Trinajstić information content (AvgIpc) is 3.21. The minimum Gasteiger partial charge on any atom is -0.497 e. The maximum Gasteiger partial charge on any atom is 0.338 e. The van der Waals surface area contributed by atoms with Crippen molar-refractivity contribution < 1.29 is 19.1 Å². The monoisotopic (exact) mass is 484 g/mol. The molecule has 0 saturated carbocycles. The minimum absolute atomic E-state index is 0.0176. The van der Waals surface area contributed by atoms with E-state index in [0.29, 0.717) is 17.0 Å². The molecular formula is C25H32N4O4S. The summed E-state index contributed by atoms with van der Waals surface area (Å²) in [5.74, 6) is 0.276. The van der Waals surface area contributed by atoms with Crippen molar-refractivity contribution in [1.29, 1.82) is 0 Å². The molecule has 0 bridgehead atoms. The maximum atomic E-state index is 13.0. The molecule has 1 atom stereocenters. The summed E-state index contributed by atoms with van der Waals surface area (Å²) in [5.41, 5.74) is 2.79. The number of likely N-dealkylation sites (tertiary alicyclic amines) is 1. The summed E-state index contributed by atoms with van der Waals surface area (Å²) < 4.78 is 10.8. The second-order valence-electron chi connectivity index (χ2n) is 8.71. The molecule has 1 saturated heterocycles. The quantitative estimate of drug-likeness (QED) is 0.594. The highest BCUT2D eigenvalue weighted by Crippen LogP contribution is 2.45. The van der Waals surface area contributed by atoms with E-state index in [0.717, 1.165) is 42.4 Å². The molecule has 0 spiro atoms. The molecule has 1 aromatic carbocycles. The molecule has 1 amide bonds. The largest absolute Gasteiger partial charge is 0.497 e. The molecule has 3 aliphatic heterocycles. The fourth-order valence-electron chi connectivity index (χ4n) is 4.56. The third-order valence-corrected chi connectivity index (χ3v) is 7.22. The first-order chi connectivity index (χ1) is 16.4. The van der Waals surface area contributed by atoms with E-state index in [1.807, 2.05) is 41.5 Å². The van der Waals surface area contributed by atoms with E-state index in [1.165, 1.54) is 11.8 Å². The van der Waals surface area contributed by atoms with Crippen LogP contribution in [0.2, 0.25) is 0 Å². The summed E-state index contributed by atoms with van der Waals surface area (Å²) in [6.45, 7) is 5.85. The molecular weight excluding hydrogens is 452 g/mol. The van der Waals surface area contributed by atoms with Gasteiger partial charge in [-0.25, -0.2) is 9.79 Å². The number of thioether (sulfide) groups is 1. The fourth-order valence-corrected chi connectivity index (χ4v) is 5.53. The van der Waals surface area contributed by atoms with E-state index in [9.17, 15) is 9.59 Å². The first-order valence-electron chi connectivity index (χ1n) is 11.6. The van der Waals surface area contributed by atoms with Crippen molar-refractivity contribution in [2.24, 2.45) is 4.99 Å².